The lowest BCUT2D eigenvalue weighted by Crippen LogP contribution is -2.40. The molecule has 1 unspecified atom stereocenters. The van der Waals surface area contributed by atoms with Gasteiger partial charge in [-0.3, -0.25) is 14.0 Å². The van der Waals surface area contributed by atoms with Gasteiger partial charge in [-0.1, -0.05) is 13.8 Å². The summed E-state index contributed by atoms with van der Waals surface area (Å²) in [5, 5.41) is 22.5. The molecule has 4 heterocycles. The quantitative estimate of drug-likeness (QED) is 0.521. The molecular weight excluding hydrogens is 440 g/mol. The summed E-state index contributed by atoms with van der Waals surface area (Å²) in [4.78, 5) is 35.9. The van der Waals surface area contributed by atoms with Crippen LogP contribution in [0.4, 0.5) is 5.82 Å². The van der Waals surface area contributed by atoms with Crippen LogP contribution < -0.4 is 10.5 Å². The van der Waals surface area contributed by atoms with Crippen LogP contribution in [0.1, 0.15) is 60.9 Å². The van der Waals surface area contributed by atoms with E-state index < -0.39 is 12.1 Å². The van der Waals surface area contributed by atoms with Crippen molar-refractivity contribution in [3.05, 3.63) is 55.9 Å². The third kappa shape index (κ3) is 5.42. The standard InChI is InChI=1S/C24H30N4O4S/c1-15(2)19-14-33-21(25-19)7-5-16-9-11-28-20(12-16)26-23(27-10-3-4-17(29)13-27)18(24(28)32)6-8-22(30)31/h9,11-12,14-15,17,29H,3-8,10,13H2,1-2H3,(H,30,31). The number of β-amino-alcohol motifs (C(OH)–C–C–N with tert-alkyl or cyclic N) is 1. The van der Waals surface area contributed by atoms with Gasteiger partial charge in [0.1, 0.15) is 11.5 Å². The van der Waals surface area contributed by atoms with E-state index in [2.05, 4.69) is 19.2 Å². The molecule has 0 aliphatic carbocycles. The van der Waals surface area contributed by atoms with E-state index in [-0.39, 0.29) is 18.4 Å². The van der Waals surface area contributed by atoms with Gasteiger partial charge in [-0.25, -0.2) is 9.97 Å². The number of aryl methyl sites for hydroxylation is 2. The molecule has 0 aromatic carbocycles. The molecule has 2 N–H and O–H groups in total. The number of carboxylic acid groups (broad SMARTS) is 1. The summed E-state index contributed by atoms with van der Waals surface area (Å²) in [7, 11) is 0. The molecule has 176 valence electrons. The van der Waals surface area contributed by atoms with E-state index in [1.54, 1.807) is 17.5 Å². The molecule has 33 heavy (non-hydrogen) atoms. The van der Waals surface area contributed by atoms with Crippen molar-refractivity contribution < 1.29 is 15.0 Å². The van der Waals surface area contributed by atoms with Crippen LogP contribution in [0, 0.1) is 0 Å². The van der Waals surface area contributed by atoms with Crippen molar-refractivity contribution in [3.8, 4) is 0 Å². The molecule has 0 radical (unpaired) electrons. The lowest BCUT2D eigenvalue weighted by Gasteiger charge is -2.32. The van der Waals surface area contributed by atoms with Crippen molar-refractivity contribution in [2.75, 3.05) is 18.0 Å². The van der Waals surface area contributed by atoms with Crippen LogP contribution in [0.15, 0.2) is 28.5 Å². The van der Waals surface area contributed by atoms with Gasteiger partial charge in [0.25, 0.3) is 5.56 Å². The number of aliphatic hydroxyl groups excluding tert-OH is 1. The van der Waals surface area contributed by atoms with Crippen LogP contribution in [-0.4, -0.2) is 49.7 Å². The number of aliphatic carboxylic acids is 1. The average molecular weight is 471 g/mol. The van der Waals surface area contributed by atoms with Crippen molar-refractivity contribution in [3.63, 3.8) is 0 Å². The Kier molecular flexibility index (Phi) is 7.09. The minimum absolute atomic E-state index is 0.107. The first-order valence-corrected chi connectivity index (χ1v) is 12.3. The van der Waals surface area contributed by atoms with E-state index in [9.17, 15) is 14.7 Å². The maximum Gasteiger partial charge on any atom is 0.303 e. The number of rotatable bonds is 8. The molecule has 1 aliphatic rings. The van der Waals surface area contributed by atoms with Crippen molar-refractivity contribution in [2.24, 2.45) is 0 Å². The fraction of sp³-hybridized carbons (Fsp3) is 0.500. The van der Waals surface area contributed by atoms with Crippen molar-refractivity contribution in [2.45, 2.75) is 64.4 Å². The van der Waals surface area contributed by atoms with E-state index in [0.717, 1.165) is 35.5 Å². The third-order valence-corrected chi connectivity index (χ3v) is 6.97. The topological polar surface area (TPSA) is 108 Å². The highest BCUT2D eigenvalue weighted by molar-refractivity contribution is 7.09. The van der Waals surface area contributed by atoms with Gasteiger partial charge in [0.2, 0.25) is 0 Å². The number of nitrogens with zero attached hydrogens (tertiary/aromatic N) is 4. The van der Waals surface area contributed by atoms with E-state index in [1.165, 1.54) is 4.40 Å². The summed E-state index contributed by atoms with van der Waals surface area (Å²) < 4.78 is 1.49. The summed E-state index contributed by atoms with van der Waals surface area (Å²) in [5.74, 6) is -0.0465. The lowest BCUT2D eigenvalue weighted by atomic mass is 10.1. The number of aromatic nitrogens is 3. The van der Waals surface area contributed by atoms with Crippen LogP contribution in [-0.2, 0) is 24.1 Å². The Morgan fingerprint density at radius 2 is 2.09 bits per heavy atom. The summed E-state index contributed by atoms with van der Waals surface area (Å²) >= 11 is 1.67. The zero-order chi connectivity index (χ0) is 23.5. The number of carbonyl (C=O) groups is 1. The number of pyridine rings is 1. The van der Waals surface area contributed by atoms with Crippen LogP contribution in [0.5, 0.6) is 0 Å². The van der Waals surface area contributed by atoms with Crippen molar-refractivity contribution in [1.29, 1.82) is 0 Å². The predicted octanol–water partition coefficient (Wildman–Crippen LogP) is 3.04. The summed E-state index contributed by atoms with van der Waals surface area (Å²) in [5.41, 5.74) is 2.86. The highest BCUT2D eigenvalue weighted by Gasteiger charge is 2.24. The van der Waals surface area contributed by atoms with Crippen molar-refractivity contribution >= 4 is 28.8 Å². The van der Waals surface area contributed by atoms with Crippen LogP contribution >= 0.6 is 11.3 Å². The van der Waals surface area contributed by atoms with E-state index in [4.69, 9.17) is 15.1 Å². The second-order valence-electron chi connectivity index (χ2n) is 8.94. The van der Waals surface area contributed by atoms with Gasteiger partial charge in [-0.05, 0) is 49.3 Å². The minimum atomic E-state index is -0.956. The summed E-state index contributed by atoms with van der Waals surface area (Å²) in [6.45, 7) is 5.34. The second-order valence-corrected chi connectivity index (χ2v) is 9.88. The van der Waals surface area contributed by atoms with Gasteiger partial charge in [0.15, 0.2) is 0 Å². The molecule has 0 saturated carbocycles. The van der Waals surface area contributed by atoms with E-state index in [0.29, 0.717) is 42.5 Å². The highest BCUT2D eigenvalue weighted by Crippen LogP contribution is 2.23. The Morgan fingerprint density at radius 3 is 2.79 bits per heavy atom. The number of hydrogen-bond donors (Lipinski definition) is 2. The Balaban J connectivity index is 1.65. The summed E-state index contributed by atoms with van der Waals surface area (Å²) in [6, 6.07) is 3.83. The minimum Gasteiger partial charge on any atom is -0.481 e. The molecule has 3 aromatic rings. The van der Waals surface area contributed by atoms with Gasteiger partial charge < -0.3 is 15.1 Å². The fourth-order valence-electron chi connectivity index (χ4n) is 4.18. The molecule has 3 aromatic heterocycles. The molecular formula is C24H30N4O4S. The van der Waals surface area contributed by atoms with Crippen LogP contribution in [0.25, 0.3) is 5.65 Å². The molecule has 0 amide bonds. The molecule has 0 bridgehead atoms. The lowest BCUT2D eigenvalue weighted by molar-refractivity contribution is -0.136. The van der Waals surface area contributed by atoms with Crippen molar-refractivity contribution in [1.82, 2.24) is 14.4 Å². The Bertz CT molecular complexity index is 1200. The second kappa shape index (κ2) is 10.0. The smallest absolute Gasteiger partial charge is 0.303 e. The normalized spacial score (nSPS) is 16.6. The Hall–Kier alpha value is -2.78. The predicted molar refractivity (Wildman–Crippen MR) is 128 cm³/mol. The number of thiazole rings is 1. The largest absolute Gasteiger partial charge is 0.481 e. The highest BCUT2D eigenvalue weighted by atomic mass is 32.1. The number of carboxylic acids is 1. The van der Waals surface area contributed by atoms with Gasteiger partial charge >= 0.3 is 5.97 Å². The molecule has 1 saturated heterocycles. The van der Waals surface area contributed by atoms with Gasteiger partial charge in [-0.2, -0.15) is 0 Å². The fourth-order valence-corrected chi connectivity index (χ4v) is 5.14. The SMILES string of the molecule is CC(C)c1csc(CCc2ccn3c(=O)c(CCC(=O)O)c(N4CCCC(O)C4)nc3c2)n1. The van der Waals surface area contributed by atoms with Gasteiger partial charge in [0.05, 0.1) is 22.4 Å². The zero-order valence-electron chi connectivity index (χ0n) is 19.0. The molecule has 9 heteroatoms. The number of anilines is 1. The maximum absolute atomic E-state index is 13.3. The van der Waals surface area contributed by atoms with E-state index >= 15 is 0 Å². The number of fused-ring (bicyclic) bond motifs is 1. The van der Waals surface area contributed by atoms with Gasteiger partial charge in [-0.15, -0.1) is 11.3 Å². The first-order valence-electron chi connectivity index (χ1n) is 11.4. The first-order chi connectivity index (χ1) is 15.8. The van der Waals surface area contributed by atoms with Gasteiger partial charge in [0, 0.05) is 37.5 Å². The first kappa shape index (κ1) is 23.4. The average Bonchev–Trinajstić information content (AvgIpc) is 3.26. The number of aliphatic hydroxyl groups is 1. The third-order valence-electron chi connectivity index (χ3n) is 6.04. The molecule has 1 atom stereocenters. The number of hydrogen-bond acceptors (Lipinski definition) is 7. The molecule has 8 nitrogen and oxygen atoms in total. The molecule has 1 aliphatic heterocycles. The Labute approximate surface area is 196 Å². The molecule has 1 fully saturated rings. The van der Waals surface area contributed by atoms with Crippen LogP contribution in [0.3, 0.4) is 0 Å². The monoisotopic (exact) mass is 470 g/mol. The van der Waals surface area contributed by atoms with Crippen LogP contribution in [0.2, 0.25) is 0 Å². The Morgan fingerprint density at radius 1 is 1.27 bits per heavy atom. The maximum atomic E-state index is 13.3. The molecule has 4 rings (SSSR count). The summed E-state index contributed by atoms with van der Waals surface area (Å²) in [6.07, 6.45) is 4.33. The number of piperidine rings is 1. The zero-order valence-corrected chi connectivity index (χ0v) is 19.8. The van der Waals surface area contributed by atoms with E-state index in [1.807, 2.05) is 17.0 Å². The molecule has 0 spiro atoms.